The van der Waals surface area contributed by atoms with E-state index in [9.17, 15) is 13.2 Å². The monoisotopic (exact) mass is 490 g/mol. The fourth-order valence-corrected chi connectivity index (χ4v) is 5.25. The second-order valence-electron chi connectivity index (χ2n) is 8.35. The number of nitrogens with one attached hydrogen (secondary N) is 3. The van der Waals surface area contributed by atoms with Crippen LogP contribution in [0.3, 0.4) is 0 Å². The number of rotatable bonds is 6. The van der Waals surface area contributed by atoms with Crippen molar-refractivity contribution < 1.29 is 13.2 Å². The van der Waals surface area contributed by atoms with Crippen molar-refractivity contribution in [3.8, 4) is 10.6 Å². The van der Waals surface area contributed by atoms with Crippen molar-refractivity contribution in [3.05, 3.63) is 36.3 Å². The molecule has 180 valence electrons. The van der Waals surface area contributed by atoms with E-state index in [1.165, 1.54) is 12.3 Å². The predicted octanol–water partition coefficient (Wildman–Crippen LogP) is 4.52. The minimum Gasteiger partial charge on any atom is -0.368 e. The first-order valence-corrected chi connectivity index (χ1v) is 12.1. The van der Waals surface area contributed by atoms with Gasteiger partial charge in [-0.2, -0.15) is 13.2 Å². The summed E-state index contributed by atoms with van der Waals surface area (Å²) in [6.45, 7) is 3.67. The van der Waals surface area contributed by atoms with Crippen LogP contribution in [0.4, 0.5) is 35.8 Å². The van der Waals surface area contributed by atoms with Crippen molar-refractivity contribution in [1.29, 1.82) is 0 Å². The standard InChI is InChI=1S/C22H25F3N8S/c23-22(24,25)19-18(34-21(32-19)29-14-3-1-2-4-14)16-7-8-27-20(30-16)31-17-6-5-15(13-28-17)33-11-9-26-10-12-33/h5-8,13-14,26H,1-4,9-12H2,(H,29,32)(H,27,28,30,31). The van der Waals surface area contributed by atoms with Crippen molar-refractivity contribution in [2.24, 2.45) is 0 Å². The molecule has 1 saturated heterocycles. The minimum absolute atomic E-state index is 0.0273. The summed E-state index contributed by atoms with van der Waals surface area (Å²) in [6, 6.07) is 5.40. The zero-order valence-electron chi connectivity index (χ0n) is 18.4. The second kappa shape index (κ2) is 9.71. The molecule has 0 bridgehead atoms. The topological polar surface area (TPSA) is 90.9 Å². The second-order valence-corrected chi connectivity index (χ2v) is 9.35. The van der Waals surface area contributed by atoms with Gasteiger partial charge in [0.25, 0.3) is 0 Å². The summed E-state index contributed by atoms with van der Waals surface area (Å²) < 4.78 is 41.2. The van der Waals surface area contributed by atoms with Gasteiger partial charge in [-0.1, -0.05) is 24.2 Å². The third-order valence-electron chi connectivity index (χ3n) is 5.94. The van der Waals surface area contributed by atoms with Gasteiger partial charge in [-0.15, -0.1) is 0 Å². The Bertz CT molecular complexity index is 1110. The van der Waals surface area contributed by atoms with Gasteiger partial charge in [0.2, 0.25) is 5.95 Å². The number of pyridine rings is 1. The molecule has 5 rings (SSSR count). The average molecular weight is 491 g/mol. The Labute approximate surface area is 199 Å². The maximum Gasteiger partial charge on any atom is 0.434 e. The smallest absolute Gasteiger partial charge is 0.368 e. The van der Waals surface area contributed by atoms with E-state index in [4.69, 9.17) is 0 Å². The first kappa shape index (κ1) is 22.8. The maximum atomic E-state index is 13.7. The molecule has 0 amide bonds. The third-order valence-corrected chi connectivity index (χ3v) is 6.95. The lowest BCUT2D eigenvalue weighted by Crippen LogP contribution is -2.43. The van der Waals surface area contributed by atoms with Gasteiger partial charge in [0.05, 0.1) is 22.5 Å². The van der Waals surface area contributed by atoms with Crippen LogP contribution in [0.25, 0.3) is 10.6 Å². The van der Waals surface area contributed by atoms with Crippen LogP contribution < -0.4 is 20.9 Å². The van der Waals surface area contributed by atoms with Gasteiger partial charge in [-0.05, 0) is 31.0 Å². The Morgan fingerprint density at radius 3 is 2.53 bits per heavy atom. The van der Waals surface area contributed by atoms with Crippen molar-refractivity contribution in [2.75, 3.05) is 41.7 Å². The first-order chi connectivity index (χ1) is 16.5. The molecule has 12 heteroatoms. The molecule has 2 fully saturated rings. The van der Waals surface area contributed by atoms with Crippen LogP contribution in [0.1, 0.15) is 31.4 Å². The lowest BCUT2D eigenvalue weighted by atomic mass is 10.2. The van der Waals surface area contributed by atoms with E-state index < -0.39 is 11.9 Å². The zero-order chi connectivity index (χ0) is 23.5. The van der Waals surface area contributed by atoms with Crippen LogP contribution >= 0.6 is 11.3 Å². The molecule has 3 aromatic rings. The molecule has 1 aliphatic carbocycles. The fourth-order valence-electron chi connectivity index (χ4n) is 4.22. The van der Waals surface area contributed by atoms with Gasteiger partial charge >= 0.3 is 6.18 Å². The number of halogens is 3. The highest BCUT2D eigenvalue weighted by Crippen LogP contribution is 2.42. The van der Waals surface area contributed by atoms with Gasteiger partial charge in [0, 0.05) is 38.4 Å². The SMILES string of the molecule is FC(F)(F)c1nc(NC2CCCC2)sc1-c1ccnc(Nc2ccc(N3CCNCC3)cn2)n1. The summed E-state index contributed by atoms with van der Waals surface area (Å²) in [7, 11) is 0. The van der Waals surface area contributed by atoms with Gasteiger partial charge in [0.1, 0.15) is 5.82 Å². The van der Waals surface area contributed by atoms with E-state index in [0.29, 0.717) is 5.82 Å². The van der Waals surface area contributed by atoms with Crippen LogP contribution in [0, 0.1) is 0 Å². The molecule has 1 aliphatic heterocycles. The van der Waals surface area contributed by atoms with E-state index in [1.54, 1.807) is 6.20 Å². The highest BCUT2D eigenvalue weighted by molar-refractivity contribution is 7.19. The Morgan fingerprint density at radius 1 is 1.03 bits per heavy atom. The van der Waals surface area contributed by atoms with Gasteiger partial charge < -0.3 is 20.9 Å². The molecule has 0 atom stereocenters. The number of hydrogen-bond acceptors (Lipinski definition) is 9. The van der Waals surface area contributed by atoms with Crippen LogP contribution in [-0.2, 0) is 6.18 Å². The maximum absolute atomic E-state index is 13.7. The molecule has 3 aromatic heterocycles. The quantitative estimate of drug-likeness (QED) is 0.465. The van der Waals surface area contributed by atoms with Crippen LogP contribution in [-0.4, -0.2) is 52.2 Å². The van der Waals surface area contributed by atoms with Crippen LogP contribution in [0.5, 0.6) is 0 Å². The largest absolute Gasteiger partial charge is 0.434 e. The van der Waals surface area contributed by atoms with E-state index in [1.807, 2.05) is 12.1 Å². The molecule has 4 heterocycles. The van der Waals surface area contributed by atoms with Crippen molar-refractivity contribution in [3.63, 3.8) is 0 Å². The summed E-state index contributed by atoms with van der Waals surface area (Å²) in [6.07, 6.45) is 2.66. The number of aromatic nitrogens is 4. The van der Waals surface area contributed by atoms with Gasteiger partial charge in [0.15, 0.2) is 10.8 Å². The molecular formula is C22H25F3N8S. The molecule has 0 radical (unpaired) electrons. The number of hydrogen-bond donors (Lipinski definition) is 3. The zero-order valence-corrected chi connectivity index (χ0v) is 19.2. The molecule has 1 saturated carbocycles. The Balaban J connectivity index is 1.35. The third kappa shape index (κ3) is 5.22. The number of piperazine rings is 1. The molecule has 0 aromatic carbocycles. The summed E-state index contributed by atoms with van der Waals surface area (Å²) in [5.41, 5.74) is 0.254. The molecule has 8 nitrogen and oxygen atoms in total. The summed E-state index contributed by atoms with van der Waals surface area (Å²) in [4.78, 5) is 19.0. The average Bonchev–Trinajstić information content (AvgIpc) is 3.51. The first-order valence-electron chi connectivity index (χ1n) is 11.3. The van der Waals surface area contributed by atoms with Gasteiger partial charge in [-0.3, -0.25) is 0 Å². The van der Waals surface area contributed by atoms with Crippen LogP contribution in [0.2, 0.25) is 0 Å². The number of thiazole rings is 1. The van der Waals surface area contributed by atoms with E-state index in [2.05, 4.69) is 40.8 Å². The number of alkyl halides is 3. The normalized spacial score (nSPS) is 17.2. The number of nitrogens with zero attached hydrogens (tertiary/aromatic N) is 5. The number of anilines is 4. The van der Waals surface area contributed by atoms with Crippen LogP contribution in [0.15, 0.2) is 30.6 Å². The van der Waals surface area contributed by atoms with Crippen molar-refractivity contribution >= 4 is 33.9 Å². The molecule has 0 unspecified atom stereocenters. The molecule has 0 spiro atoms. The van der Waals surface area contributed by atoms with Gasteiger partial charge in [-0.25, -0.2) is 19.9 Å². The molecule has 2 aliphatic rings. The van der Waals surface area contributed by atoms with Crippen molar-refractivity contribution in [2.45, 2.75) is 37.9 Å². The lowest BCUT2D eigenvalue weighted by molar-refractivity contribution is -0.140. The molecule has 3 N–H and O–H groups in total. The Morgan fingerprint density at radius 2 is 1.82 bits per heavy atom. The molecule has 34 heavy (non-hydrogen) atoms. The Hall–Kier alpha value is -2.99. The fraction of sp³-hybridized carbons (Fsp3) is 0.455. The minimum atomic E-state index is -4.58. The Kier molecular flexibility index (Phi) is 6.50. The highest BCUT2D eigenvalue weighted by atomic mass is 32.1. The summed E-state index contributed by atoms with van der Waals surface area (Å²) in [5, 5.41) is 9.73. The highest BCUT2D eigenvalue weighted by Gasteiger charge is 2.38. The molecular weight excluding hydrogens is 465 g/mol. The lowest BCUT2D eigenvalue weighted by Gasteiger charge is -2.29. The predicted molar refractivity (Wildman–Crippen MR) is 127 cm³/mol. The van der Waals surface area contributed by atoms with E-state index >= 15 is 0 Å². The summed E-state index contributed by atoms with van der Waals surface area (Å²) >= 11 is 0.973. The van der Waals surface area contributed by atoms with Crippen molar-refractivity contribution in [1.82, 2.24) is 25.3 Å². The summed E-state index contributed by atoms with van der Waals surface area (Å²) in [5.74, 6) is 0.687. The van der Waals surface area contributed by atoms with E-state index in [-0.39, 0.29) is 27.7 Å². The van der Waals surface area contributed by atoms with E-state index in [0.717, 1.165) is 68.9 Å².